The zero-order valence-corrected chi connectivity index (χ0v) is 26.7. The molecule has 0 atom stereocenters. The molecule has 12 aromatic rings. The third-order valence-corrected chi connectivity index (χ3v) is 9.87. The molecular formula is C33H13N17OS. The van der Waals surface area contributed by atoms with Gasteiger partial charge in [0.2, 0.25) is 5.95 Å². The molecule has 0 aliphatic heterocycles. The summed E-state index contributed by atoms with van der Waals surface area (Å²) in [5.41, 5.74) is 7.58. The first-order valence-electron chi connectivity index (χ1n) is 15.6. The molecule has 0 amide bonds. The molecule has 0 unspecified atom stereocenters. The van der Waals surface area contributed by atoms with Crippen LogP contribution >= 0.6 is 11.3 Å². The minimum atomic E-state index is 0.318. The van der Waals surface area contributed by atoms with Crippen molar-refractivity contribution in [3.63, 3.8) is 0 Å². The van der Waals surface area contributed by atoms with E-state index in [9.17, 15) is 0 Å². The standard InChI is InChI=1S/C33H13N17OS/c1-2-37-24-21-18(8-36-10-42-21)51-26(24)14(1)17-7-40-32-25(47-17)22-19(52-32)9-41-33(48-22)50-30-20(23-31(50)39-4-3-38-23)29(45-13-46-30)49-27-15(5-34-11-43-27)16-6-35-12-44-28(16)49/h1-13H. The highest BCUT2D eigenvalue weighted by Crippen LogP contribution is 2.38. The first kappa shape index (κ1) is 27.2. The summed E-state index contributed by atoms with van der Waals surface area (Å²) in [6, 6.07) is 1.84. The Morgan fingerprint density at radius 3 is 2.21 bits per heavy atom. The van der Waals surface area contributed by atoms with Gasteiger partial charge in [-0.15, -0.1) is 11.3 Å². The maximum absolute atomic E-state index is 6.13. The van der Waals surface area contributed by atoms with Gasteiger partial charge in [-0.25, -0.2) is 69.4 Å². The van der Waals surface area contributed by atoms with E-state index >= 15 is 0 Å². The van der Waals surface area contributed by atoms with Crippen LogP contribution in [-0.4, -0.2) is 83.9 Å². The first-order valence-corrected chi connectivity index (χ1v) is 16.4. The van der Waals surface area contributed by atoms with Gasteiger partial charge in [0.25, 0.3) is 0 Å². The minimum Gasteiger partial charge on any atom is -0.450 e. The molecule has 0 spiro atoms. The lowest BCUT2D eigenvalue weighted by molar-refractivity contribution is 0.666. The summed E-state index contributed by atoms with van der Waals surface area (Å²) in [5, 5.41) is 2.17. The number of thiophene rings is 1. The van der Waals surface area contributed by atoms with Crippen molar-refractivity contribution in [1.29, 1.82) is 0 Å². The van der Waals surface area contributed by atoms with E-state index < -0.39 is 0 Å². The van der Waals surface area contributed by atoms with Gasteiger partial charge in [0, 0.05) is 47.3 Å². The van der Waals surface area contributed by atoms with Crippen LogP contribution in [-0.2, 0) is 0 Å². The van der Waals surface area contributed by atoms with E-state index in [4.69, 9.17) is 44.3 Å². The largest absolute Gasteiger partial charge is 0.450 e. The van der Waals surface area contributed by atoms with E-state index in [0.29, 0.717) is 94.6 Å². The molecule has 12 rings (SSSR count). The quantitative estimate of drug-likeness (QED) is 0.244. The van der Waals surface area contributed by atoms with Crippen molar-refractivity contribution in [1.82, 2.24) is 83.9 Å². The predicted octanol–water partition coefficient (Wildman–Crippen LogP) is 4.74. The van der Waals surface area contributed by atoms with E-state index in [1.54, 1.807) is 54.1 Å². The molecule has 12 aromatic heterocycles. The van der Waals surface area contributed by atoms with Crippen molar-refractivity contribution in [3.05, 3.63) is 81.0 Å². The summed E-state index contributed by atoms with van der Waals surface area (Å²) < 4.78 is 10.6. The van der Waals surface area contributed by atoms with Crippen molar-refractivity contribution in [3.8, 4) is 23.0 Å². The Morgan fingerprint density at radius 1 is 0.538 bits per heavy atom. The fourth-order valence-corrected chi connectivity index (χ4v) is 7.62. The Balaban J connectivity index is 1.10. The molecule has 0 bridgehead atoms. The van der Waals surface area contributed by atoms with Gasteiger partial charge in [-0.1, -0.05) is 0 Å². The van der Waals surface area contributed by atoms with E-state index in [1.165, 1.54) is 36.6 Å². The smallest absolute Gasteiger partial charge is 0.237 e. The lowest BCUT2D eigenvalue weighted by Gasteiger charge is -2.07. The maximum Gasteiger partial charge on any atom is 0.237 e. The molecule has 0 saturated carbocycles. The third-order valence-electron chi connectivity index (χ3n) is 8.86. The highest BCUT2D eigenvalue weighted by molar-refractivity contribution is 7.25. The fraction of sp³-hybridized carbons (Fsp3) is 0. The average Bonchev–Trinajstić information content (AvgIpc) is 3.95. The number of fused-ring (bicyclic) bond motifs is 12. The van der Waals surface area contributed by atoms with Crippen molar-refractivity contribution < 1.29 is 4.42 Å². The SMILES string of the molecule is c1ncc2oc3c(-c4cnc5sc6cnc(-n7c8nccnc8c8c(-n9c%10ncncc%10c%10cncnc%109)ncnc87)nc6c5n4)ccnc3c2n1. The highest BCUT2D eigenvalue weighted by Gasteiger charge is 2.26. The molecule has 18 nitrogen and oxygen atoms in total. The zero-order valence-electron chi connectivity index (χ0n) is 25.9. The van der Waals surface area contributed by atoms with Crippen LogP contribution in [0.25, 0.3) is 110 Å². The second-order valence-electron chi connectivity index (χ2n) is 11.6. The predicted molar refractivity (Wildman–Crippen MR) is 188 cm³/mol. The van der Waals surface area contributed by atoms with E-state index in [-0.39, 0.29) is 0 Å². The van der Waals surface area contributed by atoms with Crippen LogP contribution in [0.4, 0.5) is 0 Å². The summed E-state index contributed by atoms with van der Waals surface area (Å²) in [6.07, 6.45) is 19.4. The monoisotopic (exact) mass is 695 g/mol. The van der Waals surface area contributed by atoms with Gasteiger partial charge in [-0.3, -0.25) is 14.5 Å². The molecule has 0 aliphatic rings. The Morgan fingerprint density at radius 2 is 1.33 bits per heavy atom. The molecule has 0 radical (unpaired) electrons. The fourth-order valence-electron chi connectivity index (χ4n) is 6.72. The zero-order chi connectivity index (χ0) is 33.9. The normalized spacial score (nSPS) is 12.2. The highest BCUT2D eigenvalue weighted by atomic mass is 32.1. The first-order chi connectivity index (χ1) is 25.8. The Labute approximate surface area is 290 Å². The van der Waals surface area contributed by atoms with Gasteiger partial charge in [0.1, 0.15) is 57.7 Å². The Kier molecular flexibility index (Phi) is 5.20. The van der Waals surface area contributed by atoms with E-state index in [2.05, 4.69) is 34.9 Å². The molecule has 12 heterocycles. The van der Waals surface area contributed by atoms with Gasteiger partial charge < -0.3 is 4.42 Å². The van der Waals surface area contributed by atoms with Crippen LogP contribution < -0.4 is 0 Å². The van der Waals surface area contributed by atoms with Gasteiger partial charge in [-0.2, -0.15) is 0 Å². The van der Waals surface area contributed by atoms with Gasteiger partial charge in [0.05, 0.1) is 34.4 Å². The summed E-state index contributed by atoms with van der Waals surface area (Å²) in [6.45, 7) is 0. The lowest BCUT2D eigenvalue weighted by Crippen LogP contribution is -2.04. The number of pyridine rings is 1. The van der Waals surface area contributed by atoms with E-state index in [1.807, 2.05) is 10.6 Å². The van der Waals surface area contributed by atoms with Crippen molar-refractivity contribution in [2.45, 2.75) is 0 Å². The van der Waals surface area contributed by atoms with Crippen LogP contribution in [0.1, 0.15) is 0 Å². The Bertz CT molecular complexity index is 3410. The van der Waals surface area contributed by atoms with Gasteiger partial charge in [-0.05, 0) is 6.07 Å². The summed E-state index contributed by atoms with van der Waals surface area (Å²) in [7, 11) is 0. The minimum absolute atomic E-state index is 0.318. The second-order valence-corrected chi connectivity index (χ2v) is 12.6. The Hall–Kier alpha value is -7.67. The number of furan rings is 1. The van der Waals surface area contributed by atoms with Crippen LogP contribution in [0.5, 0.6) is 0 Å². The van der Waals surface area contributed by atoms with Gasteiger partial charge >= 0.3 is 0 Å². The lowest BCUT2D eigenvalue weighted by atomic mass is 10.1. The molecule has 0 aromatic carbocycles. The third kappa shape index (κ3) is 3.57. The molecular weight excluding hydrogens is 683 g/mol. The summed E-state index contributed by atoms with van der Waals surface area (Å²) in [4.78, 5) is 69.9. The van der Waals surface area contributed by atoms with Crippen LogP contribution in [0.2, 0.25) is 0 Å². The summed E-state index contributed by atoms with van der Waals surface area (Å²) in [5.74, 6) is 0.822. The molecule has 0 aliphatic carbocycles. The maximum atomic E-state index is 6.13. The molecule has 0 fully saturated rings. The second kappa shape index (κ2) is 9.95. The topological polar surface area (TPSA) is 216 Å². The van der Waals surface area contributed by atoms with Crippen LogP contribution in [0, 0.1) is 0 Å². The summed E-state index contributed by atoms with van der Waals surface area (Å²) >= 11 is 1.45. The number of hydrogen-bond donors (Lipinski definition) is 0. The molecule has 242 valence electrons. The number of rotatable bonds is 3. The number of nitrogens with zero attached hydrogens (tertiary/aromatic N) is 17. The average molecular weight is 696 g/mol. The van der Waals surface area contributed by atoms with Crippen molar-refractivity contribution in [2.75, 3.05) is 0 Å². The van der Waals surface area contributed by atoms with Crippen LogP contribution in [0.15, 0.2) is 85.4 Å². The van der Waals surface area contributed by atoms with E-state index in [0.717, 1.165) is 15.5 Å². The number of aromatic nitrogens is 17. The molecule has 52 heavy (non-hydrogen) atoms. The van der Waals surface area contributed by atoms with Crippen LogP contribution in [0.3, 0.4) is 0 Å². The molecule has 19 heteroatoms. The molecule has 0 saturated heterocycles. The number of hydrogen-bond acceptors (Lipinski definition) is 17. The van der Waals surface area contributed by atoms with Gasteiger partial charge in [0.15, 0.2) is 39.6 Å². The molecule has 0 N–H and O–H groups in total. The van der Waals surface area contributed by atoms with Crippen molar-refractivity contribution in [2.24, 2.45) is 0 Å². The van der Waals surface area contributed by atoms with Crippen molar-refractivity contribution >= 4 is 98.4 Å².